The Bertz CT molecular complexity index is 977. The molecule has 0 radical (unpaired) electrons. The molecule has 0 aliphatic rings. The lowest BCUT2D eigenvalue weighted by molar-refractivity contribution is 0.0786. The molecule has 0 aromatic carbocycles. The Morgan fingerprint density at radius 2 is 2.11 bits per heavy atom. The fourth-order valence-corrected chi connectivity index (χ4v) is 4.33. The number of hydrogen-bond donors (Lipinski definition) is 0. The normalized spacial score (nSPS) is 11.2. The van der Waals surface area contributed by atoms with E-state index in [0.717, 1.165) is 33.7 Å². The van der Waals surface area contributed by atoms with Crippen LogP contribution in [0, 0.1) is 13.8 Å². The summed E-state index contributed by atoms with van der Waals surface area (Å²) in [6, 6.07) is 1.93. The molecule has 0 fully saturated rings. The Kier molecular flexibility index (Phi) is 6.08. The number of carbonyl (C=O) groups is 1. The molecule has 0 saturated heterocycles. The number of nitrogens with zero attached hydrogens (tertiary/aromatic N) is 5. The second kappa shape index (κ2) is 8.16. The summed E-state index contributed by atoms with van der Waals surface area (Å²) in [5.74, 6) is -0.00611. The minimum absolute atomic E-state index is 0.00611. The molecule has 0 aliphatic carbocycles. The van der Waals surface area contributed by atoms with Crippen molar-refractivity contribution in [2.45, 2.75) is 40.4 Å². The smallest absolute Gasteiger partial charge is 0.264 e. The highest BCUT2D eigenvalue weighted by Gasteiger charge is 2.18. The van der Waals surface area contributed by atoms with Crippen molar-refractivity contribution in [3.63, 3.8) is 0 Å². The van der Waals surface area contributed by atoms with Gasteiger partial charge in [0.25, 0.3) is 5.91 Å². The third-order valence-electron chi connectivity index (χ3n) is 4.42. The second-order valence-electron chi connectivity index (χ2n) is 6.38. The van der Waals surface area contributed by atoms with E-state index in [1.807, 2.05) is 48.6 Å². The van der Waals surface area contributed by atoms with Gasteiger partial charge in [-0.3, -0.25) is 14.2 Å². The van der Waals surface area contributed by atoms with Crippen molar-refractivity contribution in [2.75, 3.05) is 7.05 Å². The molecule has 144 valence electrons. The van der Waals surface area contributed by atoms with E-state index < -0.39 is 0 Å². The zero-order chi connectivity index (χ0) is 19.7. The molecule has 9 heteroatoms. The fourth-order valence-electron chi connectivity index (χ4n) is 2.87. The Balaban J connectivity index is 1.72. The number of aromatic nitrogens is 4. The van der Waals surface area contributed by atoms with Crippen LogP contribution in [-0.4, -0.2) is 37.4 Å². The lowest BCUT2D eigenvalue weighted by Gasteiger charge is -2.17. The molecule has 0 atom stereocenters. The van der Waals surface area contributed by atoms with Gasteiger partial charge >= 0.3 is 0 Å². The summed E-state index contributed by atoms with van der Waals surface area (Å²) in [6.07, 6.45) is 1.76. The second-order valence-corrected chi connectivity index (χ2v) is 8.52. The molecule has 3 aromatic heterocycles. The highest BCUT2D eigenvalue weighted by atomic mass is 79.9. The molecule has 0 saturated carbocycles. The van der Waals surface area contributed by atoms with Gasteiger partial charge in [0.15, 0.2) is 0 Å². The summed E-state index contributed by atoms with van der Waals surface area (Å²) < 4.78 is 4.67. The van der Waals surface area contributed by atoms with Gasteiger partial charge in [0.1, 0.15) is 0 Å². The van der Waals surface area contributed by atoms with E-state index in [9.17, 15) is 4.79 Å². The van der Waals surface area contributed by atoms with Crippen molar-refractivity contribution in [2.24, 2.45) is 0 Å². The molecule has 0 unspecified atom stereocenters. The molecule has 0 spiro atoms. The number of amides is 1. The zero-order valence-electron chi connectivity index (χ0n) is 15.7. The first-order valence-electron chi connectivity index (χ1n) is 8.54. The molecule has 0 aliphatic heterocycles. The fraction of sp³-hybridized carbons (Fsp3) is 0.389. The van der Waals surface area contributed by atoms with Crippen molar-refractivity contribution in [1.29, 1.82) is 0 Å². The van der Waals surface area contributed by atoms with Crippen LogP contribution < -0.4 is 0 Å². The van der Waals surface area contributed by atoms with E-state index in [2.05, 4.69) is 26.1 Å². The highest BCUT2D eigenvalue weighted by molar-refractivity contribution is 9.10. The summed E-state index contributed by atoms with van der Waals surface area (Å²) in [7, 11) is 1.81. The third-order valence-corrected chi connectivity index (χ3v) is 6.60. The maximum Gasteiger partial charge on any atom is 0.264 e. The van der Waals surface area contributed by atoms with Gasteiger partial charge in [0.2, 0.25) is 0 Å². The van der Waals surface area contributed by atoms with Crippen LogP contribution in [0.3, 0.4) is 0 Å². The van der Waals surface area contributed by atoms with E-state index in [1.165, 1.54) is 11.3 Å². The summed E-state index contributed by atoms with van der Waals surface area (Å²) in [4.78, 5) is 15.2. The van der Waals surface area contributed by atoms with Gasteiger partial charge in [-0.05, 0) is 53.7 Å². The first-order chi connectivity index (χ1) is 12.8. The third kappa shape index (κ3) is 4.12. The average molecular weight is 471 g/mol. The topological polar surface area (TPSA) is 56.0 Å². The monoisotopic (exact) mass is 469 g/mol. The van der Waals surface area contributed by atoms with Crippen molar-refractivity contribution in [1.82, 2.24) is 24.5 Å². The molecule has 1 amide bonds. The van der Waals surface area contributed by atoms with Crippen LogP contribution in [0.2, 0.25) is 5.02 Å². The first kappa shape index (κ1) is 20.1. The molecule has 3 rings (SSSR count). The van der Waals surface area contributed by atoms with Gasteiger partial charge in [-0.15, -0.1) is 11.3 Å². The highest BCUT2D eigenvalue weighted by Crippen LogP contribution is 2.23. The van der Waals surface area contributed by atoms with Gasteiger partial charge in [-0.2, -0.15) is 10.2 Å². The molecule has 3 heterocycles. The standard InChI is InChI=1S/C18H21BrClN5OS/c1-5-24-15(14(19)7-21-24)9-23(4)18(26)16-6-13(10-27-16)8-25-12(3)17(20)11(2)22-25/h6-7,10H,5,8-9H2,1-4H3. The lowest BCUT2D eigenvalue weighted by Crippen LogP contribution is -2.27. The van der Waals surface area contributed by atoms with Crippen molar-refractivity contribution in [3.8, 4) is 0 Å². The predicted molar refractivity (Wildman–Crippen MR) is 112 cm³/mol. The maximum atomic E-state index is 12.8. The number of aryl methyl sites for hydroxylation is 2. The van der Waals surface area contributed by atoms with Gasteiger partial charge in [0, 0.05) is 13.6 Å². The average Bonchev–Trinajstić information content (AvgIpc) is 3.31. The van der Waals surface area contributed by atoms with Crippen LogP contribution in [-0.2, 0) is 19.6 Å². The Morgan fingerprint density at radius 1 is 1.37 bits per heavy atom. The minimum atomic E-state index is -0.00611. The largest absolute Gasteiger partial charge is 0.335 e. The quantitative estimate of drug-likeness (QED) is 0.532. The van der Waals surface area contributed by atoms with Crippen LogP contribution in [0.4, 0.5) is 0 Å². The lowest BCUT2D eigenvalue weighted by atomic mass is 10.3. The molecule has 27 heavy (non-hydrogen) atoms. The van der Waals surface area contributed by atoms with Crippen molar-refractivity contribution >= 4 is 44.8 Å². The van der Waals surface area contributed by atoms with Crippen LogP contribution >= 0.6 is 38.9 Å². The van der Waals surface area contributed by atoms with Crippen LogP contribution in [0.15, 0.2) is 22.1 Å². The Labute approximate surface area is 175 Å². The number of rotatable bonds is 6. The molecule has 0 bridgehead atoms. The van der Waals surface area contributed by atoms with Crippen molar-refractivity contribution in [3.05, 3.63) is 54.7 Å². The Morgan fingerprint density at radius 3 is 2.74 bits per heavy atom. The number of thiophene rings is 1. The SMILES string of the molecule is CCn1ncc(Br)c1CN(C)C(=O)c1cc(Cn2nc(C)c(Cl)c2C)cs1. The van der Waals surface area contributed by atoms with Gasteiger partial charge in [0.05, 0.1) is 50.7 Å². The van der Waals surface area contributed by atoms with Gasteiger partial charge in [-0.25, -0.2) is 0 Å². The molecular formula is C18H21BrClN5OS. The van der Waals surface area contributed by atoms with Gasteiger partial charge in [-0.1, -0.05) is 11.6 Å². The number of halogens is 2. The summed E-state index contributed by atoms with van der Waals surface area (Å²) in [6.45, 7) is 7.72. The first-order valence-corrected chi connectivity index (χ1v) is 10.6. The molecular weight excluding hydrogens is 450 g/mol. The van der Waals surface area contributed by atoms with E-state index in [1.54, 1.807) is 11.1 Å². The molecule has 0 N–H and O–H groups in total. The molecule has 6 nitrogen and oxygen atoms in total. The number of hydrogen-bond acceptors (Lipinski definition) is 4. The zero-order valence-corrected chi connectivity index (χ0v) is 18.8. The van der Waals surface area contributed by atoms with Crippen LogP contribution in [0.5, 0.6) is 0 Å². The van der Waals surface area contributed by atoms with Crippen LogP contribution in [0.25, 0.3) is 0 Å². The minimum Gasteiger partial charge on any atom is -0.335 e. The van der Waals surface area contributed by atoms with E-state index in [0.29, 0.717) is 23.0 Å². The number of carbonyl (C=O) groups excluding carboxylic acids is 1. The summed E-state index contributed by atoms with van der Waals surface area (Å²) in [5.41, 5.74) is 3.78. The maximum absolute atomic E-state index is 12.8. The Hall–Kier alpha value is -1.64. The van der Waals surface area contributed by atoms with E-state index in [-0.39, 0.29) is 5.91 Å². The van der Waals surface area contributed by atoms with E-state index in [4.69, 9.17) is 11.6 Å². The summed E-state index contributed by atoms with van der Waals surface area (Å²) in [5, 5.41) is 11.4. The van der Waals surface area contributed by atoms with Crippen molar-refractivity contribution < 1.29 is 4.79 Å². The predicted octanol–water partition coefficient (Wildman–Crippen LogP) is 4.51. The van der Waals surface area contributed by atoms with E-state index >= 15 is 0 Å². The summed E-state index contributed by atoms with van der Waals surface area (Å²) >= 11 is 11.2. The molecule has 3 aromatic rings. The van der Waals surface area contributed by atoms with Gasteiger partial charge < -0.3 is 4.90 Å². The van der Waals surface area contributed by atoms with Crippen LogP contribution in [0.1, 0.15) is 39.2 Å².